The van der Waals surface area contributed by atoms with Gasteiger partial charge in [-0.15, -0.1) is 0 Å². The van der Waals surface area contributed by atoms with Crippen LogP contribution in [0.5, 0.6) is 0 Å². The highest BCUT2D eigenvalue weighted by Crippen LogP contribution is 2.26. The van der Waals surface area contributed by atoms with Gasteiger partial charge in [0.1, 0.15) is 11.6 Å². The molecule has 0 saturated carbocycles. The lowest BCUT2D eigenvalue weighted by Crippen LogP contribution is -2.13. The molecule has 0 fully saturated rings. The molecule has 21 heavy (non-hydrogen) atoms. The Hall–Kier alpha value is -1.97. The van der Waals surface area contributed by atoms with Crippen LogP contribution in [0.25, 0.3) is 6.08 Å². The van der Waals surface area contributed by atoms with E-state index in [1.807, 2.05) is 12.1 Å². The quantitative estimate of drug-likeness (QED) is 0.614. The van der Waals surface area contributed by atoms with E-state index in [4.69, 9.17) is 0 Å². The monoisotopic (exact) mass is 405 g/mol. The predicted octanol–water partition coefficient (Wildman–Crippen LogP) is 4.15. The first-order valence-electron chi connectivity index (χ1n) is 5.89. The Morgan fingerprint density at radius 2 is 1.81 bits per heavy atom. The van der Waals surface area contributed by atoms with Crippen LogP contribution in [0.15, 0.2) is 57.2 Å². The zero-order valence-corrected chi connectivity index (χ0v) is 13.8. The SMILES string of the molecule is N#C/C(=C\c1c(Br)cncc1Br)C(=O)Nc1ccccc1. The summed E-state index contributed by atoms with van der Waals surface area (Å²) in [5, 5.41) is 11.9. The molecule has 1 amide bonds. The Morgan fingerprint density at radius 3 is 2.38 bits per heavy atom. The molecule has 104 valence electrons. The van der Waals surface area contributed by atoms with Crippen LogP contribution >= 0.6 is 31.9 Å². The number of anilines is 1. The third-order valence-corrected chi connectivity index (χ3v) is 3.84. The lowest BCUT2D eigenvalue weighted by Gasteiger charge is -2.05. The normalized spacial score (nSPS) is 10.8. The van der Waals surface area contributed by atoms with Gasteiger partial charge in [-0.1, -0.05) is 18.2 Å². The molecule has 0 aliphatic carbocycles. The fraction of sp³-hybridized carbons (Fsp3) is 0. The van der Waals surface area contributed by atoms with E-state index in [1.54, 1.807) is 36.7 Å². The van der Waals surface area contributed by atoms with E-state index < -0.39 is 5.91 Å². The molecule has 2 rings (SSSR count). The summed E-state index contributed by atoms with van der Waals surface area (Å²) in [6.07, 6.45) is 4.70. The summed E-state index contributed by atoms with van der Waals surface area (Å²) >= 11 is 6.69. The Labute approximate surface area is 138 Å². The number of rotatable bonds is 3. The Bertz CT molecular complexity index is 716. The zero-order chi connectivity index (χ0) is 15.2. The van der Waals surface area contributed by atoms with Crippen molar-refractivity contribution >= 4 is 49.5 Å². The minimum Gasteiger partial charge on any atom is -0.321 e. The van der Waals surface area contributed by atoms with Crippen molar-refractivity contribution in [3.63, 3.8) is 0 Å². The molecule has 0 saturated heterocycles. The number of amides is 1. The van der Waals surface area contributed by atoms with Gasteiger partial charge in [-0.2, -0.15) is 5.26 Å². The summed E-state index contributed by atoms with van der Waals surface area (Å²) in [6, 6.07) is 10.9. The molecule has 0 radical (unpaired) electrons. The second-order valence-electron chi connectivity index (χ2n) is 4.01. The van der Waals surface area contributed by atoms with Crippen LogP contribution in [0.1, 0.15) is 5.56 Å². The van der Waals surface area contributed by atoms with Gasteiger partial charge >= 0.3 is 0 Å². The van der Waals surface area contributed by atoms with Crippen molar-refractivity contribution in [1.82, 2.24) is 4.98 Å². The molecule has 0 aliphatic rings. The van der Waals surface area contributed by atoms with Gasteiger partial charge in [0.25, 0.3) is 5.91 Å². The number of carbonyl (C=O) groups is 1. The second-order valence-corrected chi connectivity index (χ2v) is 5.72. The van der Waals surface area contributed by atoms with Crippen LogP contribution in [0.4, 0.5) is 5.69 Å². The van der Waals surface area contributed by atoms with E-state index in [0.29, 0.717) is 20.2 Å². The van der Waals surface area contributed by atoms with Crippen molar-refractivity contribution in [3.8, 4) is 6.07 Å². The standard InChI is InChI=1S/C15H9Br2N3O/c16-13-8-19-9-14(17)12(13)6-10(7-18)15(21)20-11-4-2-1-3-5-11/h1-6,8-9H,(H,20,21)/b10-6+. The molecular weight excluding hydrogens is 398 g/mol. The van der Waals surface area contributed by atoms with E-state index in [1.165, 1.54) is 6.08 Å². The van der Waals surface area contributed by atoms with Gasteiger partial charge in [-0.25, -0.2) is 0 Å². The number of hydrogen-bond donors (Lipinski definition) is 1. The first kappa shape index (κ1) is 15.4. The van der Waals surface area contributed by atoms with Gasteiger partial charge < -0.3 is 5.32 Å². The first-order chi connectivity index (χ1) is 10.1. The Morgan fingerprint density at radius 1 is 1.19 bits per heavy atom. The Balaban J connectivity index is 2.30. The molecular formula is C15H9Br2N3O. The van der Waals surface area contributed by atoms with Crippen LogP contribution in [-0.4, -0.2) is 10.9 Å². The van der Waals surface area contributed by atoms with Crippen molar-refractivity contribution in [1.29, 1.82) is 5.26 Å². The molecule has 0 atom stereocenters. The van der Waals surface area contributed by atoms with E-state index in [-0.39, 0.29) is 5.57 Å². The van der Waals surface area contributed by atoms with Crippen LogP contribution in [0.2, 0.25) is 0 Å². The third kappa shape index (κ3) is 4.00. The smallest absolute Gasteiger partial charge is 0.266 e. The lowest BCUT2D eigenvalue weighted by molar-refractivity contribution is -0.112. The fourth-order valence-corrected chi connectivity index (χ4v) is 2.73. The molecule has 1 heterocycles. The van der Waals surface area contributed by atoms with Crippen LogP contribution < -0.4 is 5.32 Å². The van der Waals surface area contributed by atoms with Gasteiger partial charge in [-0.05, 0) is 50.1 Å². The zero-order valence-electron chi connectivity index (χ0n) is 10.7. The van der Waals surface area contributed by atoms with Crippen molar-refractivity contribution in [2.24, 2.45) is 0 Å². The van der Waals surface area contributed by atoms with E-state index in [0.717, 1.165) is 0 Å². The molecule has 6 heteroatoms. The van der Waals surface area contributed by atoms with Crippen molar-refractivity contribution in [2.45, 2.75) is 0 Å². The summed E-state index contributed by atoms with van der Waals surface area (Å²) in [5.41, 5.74) is 1.33. The number of halogens is 2. The van der Waals surface area contributed by atoms with E-state index >= 15 is 0 Å². The molecule has 0 aliphatic heterocycles. The average molecular weight is 407 g/mol. The number of nitrogens with zero attached hydrogens (tertiary/aromatic N) is 2. The lowest BCUT2D eigenvalue weighted by atomic mass is 10.1. The number of benzene rings is 1. The summed E-state index contributed by atoms with van der Waals surface area (Å²) in [6.45, 7) is 0. The summed E-state index contributed by atoms with van der Waals surface area (Å²) < 4.78 is 1.38. The molecule has 0 spiro atoms. The maximum absolute atomic E-state index is 12.1. The van der Waals surface area contributed by atoms with E-state index in [2.05, 4.69) is 42.2 Å². The summed E-state index contributed by atoms with van der Waals surface area (Å²) in [7, 11) is 0. The third-order valence-electron chi connectivity index (χ3n) is 2.58. The topological polar surface area (TPSA) is 65.8 Å². The van der Waals surface area contributed by atoms with Gasteiger partial charge in [0, 0.05) is 32.6 Å². The molecule has 0 unspecified atom stereocenters. The highest BCUT2D eigenvalue weighted by molar-refractivity contribution is 9.11. The number of nitriles is 1. The van der Waals surface area contributed by atoms with Crippen LogP contribution in [0.3, 0.4) is 0 Å². The van der Waals surface area contributed by atoms with Crippen LogP contribution in [-0.2, 0) is 4.79 Å². The summed E-state index contributed by atoms with van der Waals surface area (Å²) in [4.78, 5) is 16.1. The minimum absolute atomic E-state index is 0.00598. The summed E-state index contributed by atoms with van der Waals surface area (Å²) in [5.74, 6) is -0.459. The Kier molecular flexibility index (Phi) is 5.26. The number of aromatic nitrogens is 1. The second kappa shape index (κ2) is 7.16. The average Bonchev–Trinajstić information content (AvgIpc) is 2.48. The molecule has 1 N–H and O–H groups in total. The van der Waals surface area contributed by atoms with Gasteiger partial charge in [0.05, 0.1) is 0 Å². The maximum atomic E-state index is 12.1. The highest BCUT2D eigenvalue weighted by atomic mass is 79.9. The highest BCUT2D eigenvalue weighted by Gasteiger charge is 2.12. The molecule has 0 bridgehead atoms. The van der Waals surface area contributed by atoms with E-state index in [9.17, 15) is 10.1 Å². The fourth-order valence-electron chi connectivity index (χ4n) is 1.57. The van der Waals surface area contributed by atoms with Crippen LogP contribution in [0, 0.1) is 11.3 Å². The largest absolute Gasteiger partial charge is 0.321 e. The van der Waals surface area contributed by atoms with Gasteiger partial charge in [0.2, 0.25) is 0 Å². The number of carbonyl (C=O) groups excluding carboxylic acids is 1. The van der Waals surface area contributed by atoms with Gasteiger partial charge in [-0.3, -0.25) is 9.78 Å². The minimum atomic E-state index is -0.459. The maximum Gasteiger partial charge on any atom is 0.266 e. The number of pyridine rings is 1. The molecule has 1 aromatic carbocycles. The number of hydrogen-bond acceptors (Lipinski definition) is 3. The van der Waals surface area contributed by atoms with Crippen molar-refractivity contribution < 1.29 is 4.79 Å². The van der Waals surface area contributed by atoms with Crippen molar-refractivity contribution in [2.75, 3.05) is 5.32 Å². The number of nitrogens with one attached hydrogen (secondary N) is 1. The molecule has 1 aromatic heterocycles. The molecule has 2 aromatic rings. The van der Waals surface area contributed by atoms with Gasteiger partial charge in [0.15, 0.2) is 0 Å². The number of para-hydroxylation sites is 1. The predicted molar refractivity (Wildman–Crippen MR) is 88.3 cm³/mol. The van der Waals surface area contributed by atoms with Crippen molar-refractivity contribution in [3.05, 3.63) is 62.8 Å². The molecule has 4 nitrogen and oxygen atoms in total. The first-order valence-corrected chi connectivity index (χ1v) is 7.47.